The summed E-state index contributed by atoms with van der Waals surface area (Å²) in [5.74, 6) is -0.938. The highest BCUT2D eigenvalue weighted by Gasteiger charge is 2.17. The summed E-state index contributed by atoms with van der Waals surface area (Å²) in [6.07, 6.45) is 0.880. The molecule has 1 heterocycles. The second-order valence-electron chi connectivity index (χ2n) is 12.7. The number of aryl methyl sites for hydroxylation is 1. The predicted molar refractivity (Wildman–Crippen MR) is 208 cm³/mol. The lowest BCUT2D eigenvalue weighted by atomic mass is 10.1. The number of hydrogen-bond acceptors (Lipinski definition) is 13. The van der Waals surface area contributed by atoms with E-state index in [0.29, 0.717) is 70.9 Å². The molecule has 1 aromatic heterocycles. The Hall–Kier alpha value is -6.46. The molecular weight excluding hydrogens is 741 g/mol. The molecule has 56 heavy (non-hydrogen) atoms. The van der Waals surface area contributed by atoms with Gasteiger partial charge in [-0.15, -0.1) is 0 Å². The Morgan fingerprint density at radius 2 is 1.43 bits per heavy atom. The van der Waals surface area contributed by atoms with Gasteiger partial charge in [0.15, 0.2) is 0 Å². The van der Waals surface area contributed by atoms with Crippen LogP contribution >= 0.6 is 0 Å². The summed E-state index contributed by atoms with van der Waals surface area (Å²) in [6, 6.07) is 26.4. The summed E-state index contributed by atoms with van der Waals surface area (Å²) in [6.45, 7) is 2.15. The molecule has 5 aromatic rings. The molecule has 0 atom stereocenters. The molecule has 0 aliphatic carbocycles. The fourth-order valence-electron chi connectivity index (χ4n) is 5.35. The lowest BCUT2D eigenvalue weighted by Gasteiger charge is -2.19. The van der Waals surface area contributed by atoms with Crippen LogP contribution in [0.15, 0.2) is 111 Å². The molecule has 290 valence electrons. The zero-order valence-electron chi connectivity index (χ0n) is 30.7. The van der Waals surface area contributed by atoms with Crippen LogP contribution in [0.25, 0.3) is 0 Å². The van der Waals surface area contributed by atoms with Crippen LogP contribution in [0.4, 0.5) is 28.7 Å². The highest BCUT2D eigenvalue weighted by Crippen LogP contribution is 2.32. The zero-order chi connectivity index (χ0) is 40.1. The lowest BCUT2D eigenvalue weighted by molar-refractivity contribution is -0.137. The number of nitrogens with zero attached hydrogens (tertiary/aromatic N) is 8. The van der Waals surface area contributed by atoms with Gasteiger partial charge in [0.2, 0.25) is 5.95 Å². The van der Waals surface area contributed by atoms with Gasteiger partial charge in [-0.2, -0.15) is 38.8 Å². The van der Waals surface area contributed by atoms with Crippen molar-refractivity contribution in [3.63, 3.8) is 0 Å². The van der Waals surface area contributed by atoms with Crippen LogP contribution in [0, 0.1) is 6.92 Å². The van der Waals surface area contributed by atoms with E-state index in [4.69, 9.17) is 19.7 Å². The first-order valence-electron chi connectivity index (χ1n) is 17.5. The van der Waals surface area contributed by atoms with Crippen molar-refractivity contribution in [3.8, 4) is 5.75 Å². The van der Waals surface area contributed by atoms with Crippen LogP contribution in [0.5, 0.6) is 5.75 Å². The van der Waals surface area contributed by atoms with E-state index in [1.165, 1.54) is 12.1 Å². The molecule has 16 nitrogen and oxygen atoms in total. The number of aliphatic carboxylic acids is 1. The van der Waals surface area contributed by atoms with Crippen molar-refractivity contribution in [3.05, 3.63) is 125 Å². The van der Waals surface area contributed by atoms with Gasteiger partial charge in [0, 0.05) is 44.5 Å². The van der Waals surface area contributed by atoms with Crippen molar-refractivity contribution in [1.29, 1.82) is 0 Å². The molecule has 0 saturated heterocycles. The summed E-state index contributed by atoms with van der Waals surface area (Å²) >= 11 is 0. The summed E-state index contributed by atoms with van der Waals surface area (Å²) < 4.78 is 38.0. The van der Waals surface area contributed by atoms with Crippen LogP contribution < -0.4 is 9.64 Å². The number of hydrogen-bond donors (Lipinski definition) is 3. The molecule has 5 rings (SSSR count). The van der Waals surface area contributed by atoms with Crippen molar-refractivity contribution >= 4 is 50.8 Å². The van der Waals surface area contributed by atoms with Crippen molar-refractivity contribution in [2.24, 2.45) is 20.5 Å². The van der Waals surface area contributed by atoms with Crippen LogP contribution in [0.1, 0.15) is 58.0 Å². The Morgan fingerprint density at radius 1 is 0.768 bits per heavy atom. The Balaban J connectivity index is 1.45. The maximum Gasteiger partial charge on any atom is 0.335 e. The van der Waals surface area contributed by atoms with Gasteiger partial charge in [-0.25, -0.2) is 9.78 Å². The number of carboxylic acid groups (broad SMARTS) is 2. The molecule has 0 unspecified atom stereocenters. The fraction of sp³-hybridized carbons (Fsp3) is 0.256. The third-order valence-corrected chi connectivity index (χ3v) is 8.98. The third-order valence-electron chi connectivity index (χ3n) is 8.18. The Labute approximate surface area is 323 Å². The SMILES string of the molecule is Cc1cc(Cc2nc(Cc3ccc(N=Nc4ccccc4)cc3)nc(N(C)CCCC(=O)O)n2)c(OCCCS(=O)(=O)O)cc1N=Nc1cccc(C(=O)O)c1. The Kier molecular flexibility index (Phi) is 14.0. The number of carboxylic acids is 2. The number of aromatic carboxylic acids is 1. The average Bonchev–Trinajstić information content (AvgIpc) is 3.16. The first-order valence-corrected chi connectivity index (χ1v) is 19.1. The van der Waals surface area contributed by atoms with Gasteiger partial charge in [0.05, 0.1) is 40.7 Å². The molecule has 0 amide bonds. The maximum absolute atomic E-state index is 11.4. The van der Waals surface area contributed by atoms with Crippen LogP contribution in [-0.2, 0) is 27.8 Å². The molecule has 0 aliphatic rings. The molecule has 17 heteroatoms. The second-order valence-corrected chi connectivity index (χ2v) is 14.3. The summed E-state index contributed by atoms with van der Waals surface area (Å²) in [5, 5.41) is 35.7. The highest BCUT2D eigenvalue weighted by molar-refractivity contribution is 7.85. The van der Waals surface area contributed by atoms with Gasteiger partial charge in [-0.05, 0) is 79.4 Å². The quantitative estimate of drug-likeness (QED) is 0.0413. The van der Waals surface area contributed by atoms with E-state index in [1.807, 2.05) is 67.6 Å². The van der Waals surface area contributed by atoms with Crippen molar-refractivity contribution < 1.29 is 37.5 Å². The Morgan fingerprint density at radius 3 is 2.11 bits per heavy atom. The van der Waals surface area contributed by atoms with Crippen LogP contribution in [0.2, 0.25) is 0 Å². The summed E-state index contributed by atoms with van der Waals surface area (Å²) in [7, 11) is -2.43. The Bertz CT molecular complexity index is 2320. The lowest BCUT2D eigenvalue weighted by Crippen LogP contribution is -2.23. The summed E-state index contributed by atoms with van der Waals surface area (Å²) in [4.78, 5) is 38.6. The van der Waals surface area contributed by atoms with Gasteiger partial charge in [-0.1, -0.05) is 36.4 Å². The van der Waals surface area contributed by atoms with Crippen molar-refractivity contribution in [2.75, 3.05) is 30.9 Å². The molecule has 0 aliphatic heterocycles. The molecule has 0 fully saturated rings. The third kappa shape index (κ3) is 12.8. The van der Waals surface area contributed by atoms with Crippen molar-refractivity contribution in [2.45, 2.75) is 39.0 Å². The zero-order valence-corrected chi connectivity index (χ0v) is 31.5. The van der Waals surface area contributed by atoms with Gasteiger partial charge >= 0.3 is 11.9 Å². The molecule has 4 aromatic carbocycles. The second kappa shape index (κ2) is 19.2. The smallest absolute Gasteiger partial charge is 0.335 e. The molecule has 0 bridgehead atoms. The number of anilines is 1. The van der Waals surface area contributed by atoms with E-state index in [1.54, 1.807) is 30.1 Å². The largest absolute Gasteiger partial charge is 0.493 e. The van der Waals surface area contributed by atoms with E-state index < -0.39 is 27.8 Å². The fourth-order valence-corrected chi connectivity index (χ4v) is 5.83. The van der Waals surface area contributed by atoms with Crippen LogP contribution in [-0.4, -0.2) is 76.0 Å². The molecule has 0 spiro atoms. The number of carbonyl (C=O) groups is 2. The minimum atomic E-state index is -4.20. The summed E-state index contributed by atoms with van der Waals surface area (Å²) in [5.41, 5.74) is 4.46. The van der Waals surface area contributed by atoms with Crippen LogP contribution in [0.3, 0.4) is 0 Å². The number of rotatable bonds is 19. The first-order chi connectivity index (χ1) is 26.8. The van der Waals surface area contributed by atoms with E-state index in [0.717, 1.165) is 11.3 Å². The molecule has 0 saturated carbocycles. The van der Waals surface area contributed by atoms with E-state index >= 15 is 0 Å². The van der Waals surface area contributed by atoms with Gasteiger partial charge in [0.25, 0.3) is 10.1 Å². The minimum absolute atomic E-state index is 0.0125. The number of ether oxygens (including phenoxy) is 1. The first kappa shape index (κ1) is 40.7. The predicted octanol–water partition coefficient (Wildman–Crippen LogP) is 7.85. The van der Waals surface area contributed by atoms with Gasteiger partial charge < -0.3 is 19.8 Å². The van der Waals surface area contributed by atoms with Gasteiger partial charge in [-0.3, -0.25) is 9.35 Å². The monoisotopic (exact) mass is 780 g/mol. The topological polar surface area (TPSA) is 230 Å². The van der Waals surface area contributed by atoms with E-state index in [2.05, 4.69) is 20.5 Å². The molecule has 0 radical (unpaired) electrons. The number of azo groups is 2. The highest BCUT2D eigenvalue weighted by atomic mass is 32.2. The standard InChI is InChI=1S/C39H40N8O8S/c1-26-21-29(34(55-19-8-20-56(52,53)54)25-33(26)46-45-32-12-6-9-28(23-32)38(50)51)24-36-40-35(41-39(42-36)47(2)18-7-13-37(48)49)22-27-14-16-31(17-15-27)44-43-30-10-4-3-5-11-30/h3-6,9-12,14-17,21,23,25H,7-8,13,18-20,22,24H2,1-2H3,(H,48,49)(H,50,51)(H,52,53,54). The van der Waals surface area contributed by atoms with E-state index in [9.17, 15) is 32.8 Å². The van der Waals surface area contributed by atoms with Gasteiger partial charge in [0.1, 0.15) is 17.4 Å². The van der Waals surface area contributed by atoms with Crippen molar-refractivity contribution in [1.82, 2.24) is 15.0 Å². The number of aromatic nitrogens is 3. The minimum Gasteiger partial charge on any atom is -0.493 e. The van der Waals surface area contributed by atoms with E-state index in [-0.39, 0.29) is 31.4 Å². The molecular formula is C39H40N8O8S. The molecule has 3 N–H and O–H groups in total. The number of benzene rings is 4. The normalized spacial score (nSPS) is 11.6. The maximum atomic E-state index is 11.4. The average molecular weight is 781 g/mol.